The highest BCUT2D eigenvalue weighted by Gasteiger charge is 2.07. The van der Waals surface area contributed by atoms with Crippen molar-refractivity contribution in [3.05, 3.63) is 64.8 Å². The van der Waals surface area contributed by atoms with Crippen molar-refractivity contribution in [2.24, 2.45) is 0 Å². The first kappa shape index (κ1) is 16.1. The largest absolute Gasteiger partial charge is 0.339 e. The zero-order valence-corrected chi connectivity index (χ0v) is 13.3. The summed E-state index contributed by atoms with van der Waals surface area (Å²) in [5.74, 6) is -1.31. The molecule has 3 rings (SSSR count). The molecule has 2 N–H and O–H groups in total. The van der Waals surface area contributed by atoms with Gasteiger partial charge in [-0.3, -0.25) is 0 Å². The summed E-state index contributed by atoms with van der Waals surface area (Å²) in [5.41, 5.74) is 2.07. The number of hydrogen-bond acceptors (Lipinski definition) is 5. The lowest BCUT2D eigenvalue weighted by molar-refractivity contribution is 0.509. The van der Waals surface area contributed by atoms with Crippen molar-refractivity contribution in [3.8, 4) is 0 Å². The van der Waals surface area contributed by atoms with Gasteiger partial charge in [-0.15, -0.1) is 5.10 Å². The third-order valence-corrected chi connectivity index (χ3v) is 3.43. The van der Waals surface area contributed by atoms with Crippen LogP contribution in [0.5, 0.6) is 0 Å². The fourth-order valence-electron chi connectivity index (χ4n) is 1.99. The maximum atomic E-state index is 13.2. The second kappa shape index (κ2) is 6.76. The zero-order chi connectivity index (χ0) is 17.1. The highest BCUT2D eigenvalue weighted by atomic mass is 35.5. The molecule has 0 saturated heterocycles. The maximum Gasteiger partial charge on any atom is 0.249 e. The van der Waals surface area contributed by atoms with Crippen molar-refractivity contribution in [1.82, 2.24) is 15.2 Å². The van der Waals surface area contributed by atoms with Crippen LogP contribution in [0.15, 0.2) is 42.6 Å². The van der Waals surface area contributed by atoms with Crippen LogP contribution < -0.4 is 10.6 Å². The van der Waals surface area contributed by atoms with Crippen molar-refractivity contribution in [2.45, 2.75) is 6.92 Å². The molecule has 24 heavy (non-hydrogen) atoms. The maximum absolute atomic E-state index is 13.2. The highest BCUT2D eigenvalue weighted by Crippen LogP contribution is 2.23. The minimum absolute atomic E-state index is 0.144. The van der Waals surface area contributed by atoms with E-state index in [-0.39, 0.29) is 5.95 Å². The molecule has 0 radical (unpaired) electrons. The van der Waals surface area contributed by atoms with Gasteiger partial charge < -0.3 is 10.6 Å². The zero-order valence-electron chi connectivity index (χ0n) is 12.5. The van der Waals surface area contributed by atoms with Crippen LogP contribution in [0.25, 0.3) is 0 Å². The molecule has 2 aromatic carbocycles. The Morgan fingerprint density at radius 1 is 1.00 bits per heavy atom. The summed E-state index contributed by atoms with van der Waals surface area (Å²) < 4.78 is 26.2. The Kier molecular flexibility index (Phi) is 4.52. The monoisotopic (exact) mass is 347 g/mol. The molecule has 0 amide bonds. The molecule has 1 aromatic heterocycles. The topological polar surface area (TPSA) is 62.7 Å². The van der Waals surface area contributed by atoms with Crippen LogP contribution in [0.2, 0.25) is 5.02 Å². The van der Waals surface area contributed by atoms with Gasteiger partial charge >= 0.3 is 0 Å². The first-order valence-corrected chi connectivity index (χ1v) is 7.34. The normalized spacial score (nSPS) is 10.5. The van der Waals surface area contributed by atoms with Gasteiger partial charge in [0.05, 0.1) is 6.20 Å². The Bertz CT molecular complexity index is 888. The molecule has 0 saturated carbocycles. The fraction of sp³-hybridized carbons (Fsp3) is 0.0625. The van der Waals surface area contributed by atoms with Gasteiger partial charge in [-0.05, 0) is 36.8 Å². The van der Waals surface area contributed by atoms with E-state index in [4.69, 9.17) is 11.6 Å². The summed E-state index contributed by atoms with van der Waals surface area (Å²) in [6, 6.07) is 8.84. The molecule has 0 aliphatic rings. The number of halogens is 3. The van der Waals surface area contributed by atoms with Gasteiger partial charge in [-0.2, -0.15) is 10.1 Å². The molecule has 5 nitrogen and oxygen atoms in total. The van der Waals surface area contributed by atoms with Crippen molar-refractivity contribution >= 4 is 34.7 Å². The van der Waals surface area contributed by atoms with Crippen LogP contribution in [0.1, 0.15) is 5.56 Å². The molecule has 3 aromatic rings. The molecule has 0 fully saturated rings. The van der Waals surface area contributed by atoms with Crippen LogP contribution in [0.3, 0.4) is 0 Å². The van der Waals surface area contributed by atoms with Gasteiger partial charge in [0.25, 0.3) is 0 Å². The second-order valence-electron chi connectivity index (χ2n) is 5.00. The highest BCUT2D eigenvalue weighted by molar-refractivity contribution is 6.30. The van der Waals surface area contributed by atoms with E-state index in [9.17, 15) is 8.78 Å². The molecule has 1 heterocycles. The summed E-state index contributed by atoms with van der Waals surface area (Å²) in [6.45, 7) is 1.92. The average Bonchev–Trinajstić information content (AvgIpc) is 2.55. The van der Waals surface area contributed by atoms with Crippen molar-refractivity contribution in [2.75, 3.05) is 10.6 Å². The van der Waals surface area contributed by atoms with Crippen LogP contribution in [0.4, 0.5) is 31.9 Å². The average molecular weight is 348 g/mol. The molecule has 122 valence electrons. The molecular formula is C16H12ClF2N5. The summed E-state index contributed by atoms with van der Waals surface area (Å²) >= 11 is 5.98. The van der Waals surface area contributed by atoms with Crippen molar-refractivity contribution in [3.63, 3.8) is 0 Å². The summed E-state index contributed by atoms with van der Waals surface area (Å²) in [7, 11) is 0. The summed E-state index contributed by atoms with van der Waals surface area (Å²) in [5, 5.41) is 14.1. The number of anilines is 4. The number of nitrogens with one attached hydrogen (secondary N) is 2. The van der Waals surface area contributed by atoms with E-state index in [0.29, 0.717) is 16.5 Å². The number of hydrogen-bond donors (Lipinski definition) is 2. The predicted molar refractivity (Wildman–Crippen MR) is 88.9 cm³/mol. The first-order chi connectivity index (χ1) is 11.5. The van der Waals surface area contributed by atoms with E-state index < -0.39 is 11.6 Å². The minimum Gasteiger partial charge on any atom is -0.339 e. The SMILES string of the molecule is Cc1ccc(Cl)cc1Nc1cnnc(Nc2ccc(F)c(F)c2)n1. The van der Waals surface area contributed by atoms with Gasteiger partial charge in [0.1, 0.15) is 0 Å². The summed E-state index contributed by atoms with van der Waals surface area (Å²) in [6.07, 6.45) is 1.44. The standard InChI is InChI=1S/C16H12ClF2N5/c1-9-2-3-10(17)6-14(9)22-15-8-20-24-16(23-15)21-11-4-5-12(18)13(19)7-11/h2-8H,1H3,(H2,21,22,23,24). The van der Waals surface area contributed by atoms with Gasteiger partial charge in [-0.1, -0.05) is 17.7 Å². The number of aromatic nitrogens is 3. The molecule has 0 unspecified atom stereocenters. The van der Waals surface area contributed by atoms with E-state index in [1.165, 1.54) is 12.3 Å². The Labute approximate surface area is 141 Å². The van der Waals surface area contributed by atoms with Crippen LogP contribution >= 0.6 is 11.6 Å². The van der Waals surface area contributed by atoms with E-state index in [0.717, 1.165) is 23.4 Å². The quantitative estimate of drug-likeness (QED) is 0.722. The van der Waals surface area contributed by atoms with Gasteiger partial charge in [0.15, 0.2) is 17.5 Å². The number of benzene rings is 2. The summed E-state index contributed by atoms with van der Waals surface area (Å²) in [4.78, 5) is 4.23. The lowest BCUT2D eigenvalue weighted by Crippen LogP contribution is -2.03. The van der Waals surface area contributed by atoms with Crippen molar-refractivity contribution < 1.29 is 8.78 Å². The number of nitrogens with zero attached hydrogens (tertiary/aromatic N) is 3. The Balaban J connectivity index is 1.81. The molecule has 0 atom stereocenters. The van der Waals surface area contributed by atoms with Gasteiger partial charge in [0, 0.05) is 22.5 Å². The Morgan fingerprint density at radius 3 is 2.62 bits per heavy atom. The third kappa shape index (κ3) is 3.75. The number of aryl methyl sites for hydroxylation is 1. The van der Waals surface area contributed by atoms with Crippen molar-refractivity contribution in [1.29, 1.82) is 0 Å². The van der Waals surface area contributed by atoms with E-state index in [2.05, 4.69) is 25.8 Å². The van der Waals surface area contributed by atoms with Crippen LogP contribution in [-0.2, 0) is 0 Å². The van der Waals surface area contributed by atoms with Gasteiger partial charge in [-0.25, -0.2) is 8.78 Å². The molecule has 0 bridgehead atoms. The Hall–Kier alpha value is -2.80. The molecule has 8 heteroatoms. The van der Waals surface area contributed by atoms with Gasteiger partial charge in [0.2, 0.25) is 5.95 Å². The first-order valence-electron chi connectivity index (χ1n) is 6.96. The Morgan fingerprint density at radius 2 is 1.83 bits per heavy atom. The molecule has 0 aliphatic heterocycles. The van der Waals surface area contributed by atoms with E-state index in [1.54, 1.807) is 12.1 Å². The van der Waals surface area contributed by atoms with E-state index >= 15 is 0 Å². The second-order valence-corrected chi connectivity index (χ2v) is 5.44. The van der Waals surface area contributed by atoms with Crippen LogP contribution in [0, 0.1) is 18.6 Å². The smallest absolute Gasteiger partial charge is 0.249 e. The molecule has 0 spiro atoms. The lowest BCUT2D eigenvalue weighted by Gasteiger charge is -2.10. The molecular weight excluding hydrogens is 336 g/mol. The van der Waals surface area contributed by atoms with Crippen LogP contribution in [-0.4, -0.2) is 15.2 Å². The fourth-order valence-corrected chi connectivity index (χ4v) is 2.16. The third-order valence-electron chi connectivity index (χ3n) is 3.20. The van der Waals surface area contributed by atoms with E-state index in [1.807, 2.05) is 13.0 Å². The lowest BCUT2D eigenvalue weighted by atomic mass is 10.2. The predicted octanol–water partition coefficient (Wildman–Crippen LogP) is 4.60. The molecule has 0 aliphatic carbocycles. The number of rotatable bonds is 4. The minimum atomic E-state index is -0.961.